The molecule has 10 heavy (non-hydrogen) atoms. The molecule has 0 atom stereocenters. The number of rotatable bonds is 4. The van der Waals surface area contributed by atoms with Crippen molar-refractivity contribution in [3.63, 3.8) is 0 Å². The number of hydrogen-bond acceptors (Lipinski definition) is 1. The van der Waals surface area contributed by atoms with Crippen molar-refractivity contribution in [2.24, 2.45) is 11.8 Å². The fourth-order valence-electron chi connectivity index (χ4n) is 1.23. The van der Waals surface area contributed by atoms with Crippen LogP contribution in [0.3, 0.4) is 0 Å². The predicted octanol–water partition coefficient (Wildman–Crippen LogP) is 1.41. The van der Waals surface area contributed by atoms with Crippen LogP contribution in [0.25, 0.3) is 0 Å². The molecule has 0 unspecified atom stereocenters. The monoisotopic (exact) mass is 143 g/mol. The van der Waals surface area contributed by atoms with Crippen molar-refractivity contribution in [3.8, 4) is 0 Å². The molecule has 0 saturated heterocycles. The Labute approximate surface area is 63.0 Å². The summed E-state index contributed by atoms with van der Waals surface area (Å²) in [6.45, 7) is 8.45. The van der Waals surface area contributed by atoms with Gasteiger partial charge in [-0.2, -0.15) is 0 Å². The lowest BCUT2D eigenvalue weighted by molar-refractivity contribution is -0.110. The predicted molar refractivity (Wildman–Crippen MR) is 42.7 cm³/mol. The smallest absolute Gasteiger partial charge is 0.207 e. The molecule has 0 fully saturated rings. The molecule has 0 heterocycles. The molecule has 0 aliphatic rings. The van der Waals surface area contributed by atoms with E-state index in [1.807, 2.05) is 0 Å². The Morgan fingerprint density at radius 1 is 1.10 bits per heavy atom. The molecule has 0 aliphatic heterocycles. The molecule has 0 aliphatic carbocycles. The molecule has 0 aromatic heterocycles. The zero-order valence-electron chi connectivity index (χ0n) is 7.22. The molecule has 0 radical (unpaired) electrons. The van der Waals surface area contributed by atoms with Gasteiger partial charge >= 0.3 is 0 Å². The second-order valence-corrected chi connectivity index (χ2v) is 3.30. The highest BCUT2D eigenvalue weighted by atomic mass is 16.1. The van der Waals surface area contributed by atoms with Crippen LogP contribution in [-0.4, -0.2) is 12.5 Å². The second kappa shape index (κ2) is 4.31. The van der Waals surface area contributed by atoms with Gasteiger partial charge in [0.2, 0.25) is 6.41 Å². The fraction of sp³-hybridized carbons (Fsp3) is 0.875. The van der Waals surface area contributed by atoms with Gasteiger partial charge in [0.15, 0.2) is 0 Å². The van der Waals surface area contributed by atoms with Gasteiger partial charge in [0.25, 0.3) is 0 Å². The lowest BCUT2D eigenvalue weighted by Gasteiger charge is -2.23. The van der Waals surface area contributed by atoms with Crippen LogP contribution in [0.1, 0.15) is 27.7 Å². The van der Waals surface area contributed by atoms with E-state index in [1.165, 1.54) is 0 Å². The van der Waals surface area contributed by atoms with Crippen LogP contribution in [0.4, 0.5) is 0 Å². The summed E-state index contributed by atoms with van der Waals surface area (Å²) in [6.07, 6.45) is 0.782. The average molecular weight is 143 g/mol. The van der Waals surface area contributed by atoms with Gasteiger partial charge in [-0.1, -0.05) is 27.7 Å². The minimum Gasteiger partial charge on any atom is -0.355 e. The lowest BCUT2D eigenvalue weighted by atomic mass is 9.94. The first-order valence-corrected chi connectivity index (χ1v) is 3.79. The summed E-state index contributed by atoms with van der Waals surface area (Å²) in [6, 6.07) is 0.317. The molecule has 1 amide bonds. The van der Waals surface area contributed by atoms with E-state index in [2.05, 4.69) is 33.0 Å². The Bertz CT molecular complexity index is 91.4. The maximum Gasteiger partial charge on any atom is 0.207 e. The van der Waals surface area contributed by atoms with Gasteiger partial charge in [-0.3, -0.25) is 4.79 Å². The molecule has 0 aromatic carbocycles. The zero-order valence-corrected chi connectivity index (χ0v) is 7.22. The summed E-state index contributed by atoms with van der Waals surface area (Å²) >= 11 is 0. The minimum absolute atomic E-state index is 0.317. The maximum absolute atomic E-state index is 10.1. The maximum atomic E-state index is 10.1. The van der Waals surface area contributed by atoms with E-state index in [1.54, 1.807) is 0 Å². The van der Waals surface area contributed by atoms with E-state index in [0.29, 0.717) is 17.9 Å². The van der Waals surface area contributed by atoms with Crippen molar-refractivity contribution in [1.29, 1.82) is 0 Å². The minimum atomic E-state index is 0.317. The van der Waals surface area contributed by atoms with Crippen molar-refractivity contribution >= 4 is 6.41 Å². The zero-order chi connectivity index (χ0) is 8.15. The van der Waals surface area contributed by atoms with E-state index in [4.69, 9.17) is 0 Å². The Morgan fingerprint density at radius 2 is 1.50 bits per heavy atom. The molecule has 2 nitrogen and oxygen atoms in total. The summed E-state index contributed by atoms with van der Waals surface area (Å²) in [5.74, 6) is 1.04. The van der Waals surface area contributed by atoms with E-state index in [0.717, 1.165) is 6.41 Å². The average Bonchev–Trinajstić information content (AvgIpc) is 1.81. The molecule has 60 valence electrons. The highest BCUT2D eigenvalue weighted by molar-refractivity contribution is 5.46. The first kappa shape index (κ1) is 9.47. The number of carbonyl (C=O) groups is 1. The van der Waals surface area contributed by atoms with Crippen LogP contribution in [0.5, 0.6) is 0 Å². The number of hydrogen-bond donors (Lipinski definition) is 1. The summed E-state index contributed by atoms with van der Waals surface area (Å²) < 4.78 is 0. The number of amides is 1. The van der Waals surface area contributed by atoms with Crippen LogP contribution in [0.2, 0.25) is 0 Å². The van der Waals surface area contributed by atoms with Crippen LogP contribution < -0.4 is 5.32 Å². The summed E-state index contributed by atoms with van der Waals surface area (Å²) in [5, 5.41) is 2.80. The van der Waals surface area contributed by atoms with Gasteiger partial charge in [0.1, 0.15) is 0 Å². The van der Waals surface area contributed by atoms with Crippen LogP contribution in [0.15, 0.2) is 0 Å². The van der Waals surface area contributed by atoms with Crippen LogP contribution in [-0.2, 0) is 4.79 Å². The van der Waals surface area contributed by atoms with Crippen LogP contribution >= 0.6 is 0 Å². The third-order valence-corrected chi connectivity index (χ3v) is 1.70. The lowest BCUT2D eigenvalue weighted by Crippen LogP contribution is -2.37. The third-order valence-electron chi connectivity index (χ3n) is 1.70. The molecule has 0 rings (SSSR count). The molecule has 0 spiro atoms. The van der Waals surface area contributed by atoms with Gasteiger partial charge in [-0.15, -0.1) is 0 Å². The van der Waals surface area contributed by atoms with E-state index in [9.17, 15) is 4.79 Å². The molecule has 0 aromatic rings. The number of carbonyl (C=O) groups excluding carboxylic acids is 1. The molecule has 1 N–H and O–H groups in total. The first-order chi connectivity index (χ1) is 4.59. The van der Waals surface area contributed by atoms with Gasteiger partial charge in [-0.05, 0) is 11.8 Å². The molecule has 0 bridgehead atoms. The fourth-order valence-corrected chi connectivity index (χ4v) is 1.23. The number of nitrogens with one attached hydrogen (secondary N) is 1. The Balaban J connectivity index is 3.84. The summed E-state index contributed by atoms with van der Waals surface area (Å²) in [7, 11) is 0. The van der Waals surface area contributed by atoms with Gasteiger partial charge in [0.05, 0.1) is 0 Å². The first-order valence-electron chi connectivity index (χ1n) is 3.79. The SMILES string of the molecule is CC(C)C(NC=O)C(C)C. The third kappa shape index (κ3) is 2.85. The van der Waals surface area contributed by atoms with Crippen molar-refractivity contribution < 1.29 is 4.79 Å². The van der Waals surface area contributed by atoms with E-state index in [-0.39, 0.29) is 0 Å². The Morgan fingerprint density at radius 3 is 1.60 bits per heavy atom. The second-order valence-electron chi connectivity index (χ2n) is 3.30. The summed E-state index contributed by atoms with van der Waals surface area (Å²) in [4.78, 5) is 10.1. The van der Waals surface area contributed by atoms with Gasteiger partial charge in [0, 0.05) is 6.04 Å². The van der Waals surface area contributed by atoms with Gasteiger partial charge < -0.3 is 5.32 Å². The van der Waals surface area contributed by atoms with Crippen molar-refractivity contribution in [3.05, 3.63) is 0 Å². The normalized spacial score (nSPS) is 11.1. The Hall–Kier alpha value is -0.530. The quantitative estimate of drug-likeness (QED) is 0.592. The topological polar surface area (TPSA) is 29.1 Å². The highest BCUT2D eigenvalue weighted by Gasteiger charge is 2.15. The molecular formula is C8H17NO. The molecule has 2 heteroatoms. The van der Waals surface area contributed by atoms with Crippen molar-refractivity contribution in [2.45, 2.75) is 33.7 Å². The van der Waals surface area contributed by atoms with E-state index < -0.39 is 0 Å². The van der Waals surface area contributed by atoms with Crippen molar-refractivity contribution in [2.75, 3.05) is 0 Å². The van der Waals surface area contributed by atoms with E-state index >= 15 is 0 Å². The van der Waals surface area contributed by atoms with Gasteiger partial charge in [-0.25, -0.2) is 0 Å². The standard InChI is InChI=1S/C8H17NO/c1-6(2)8(7(3)4)9-5-10/h5-8H,1-4H3,(H,9,10). The molecule has 0 saturated carbocycles. The highest BCUT2D eigenvalue weighted by Crippen LogP contribution is 2.10. The van der Waals surface area contributed by atoms with Crippen LogP contribution in [0, 0.1) is 11.8 Å². The Kier molecular flexibility index (Phi) is 4.08. The van der Waals surface area contributed by atoms with Crippen molar-refractivity contribution in [1.82, 2.24) is 5.32 Å². The largest absolute Gasteiger partial charge is 0.355 e. The molecular weight excluding hydrogens is 126 g/mol. The summed E-state index contributed by atoms with van der Waals surface area (Å²) in [5.41, 5.74) is 0.